The summed E-state index contributed by atoms with van der Waals surface area (Å²) in [7, 11) is -4.92. The Balaban J connectivity index is 0.000000681. The first-order chi connectivity index (χ1) is 19.0. The molecule has 0 spiro atoms. The third-order valence-electron chi connectivity index (χ3n) is 7.18. The van der Waals surface area contributed by atoms with Crippen molar-refractivity contribution in [1.29, 1.82) is 0 Å². The van der Waals surface area contributed by atoms with Gasteiger partial charge in [0.25, 0.3) is 0 Å². The normalized spacial score (nSPS) is 14.7. The van der Waals surface area contributed by atoms with Crippen LogP contribution >= 0.6 is 11.3 Å². The van der Waals surface area contributed by atoms with E-state index in [4.69, 9.17) is 17.5 Å². The fourth-order valence-electron chi connectivity index (χ4n) is 5.05. The second-order valence-electron chi connectivity index (χ2n) is 9.71. The molecule has 2 heterocycles. The zero-order valence-electron chi connectivity index (χ0n) is 23.8. The van der Waals surface area contributed by atoms with E-state index in [1.54, 1.807) is 0 Å². The molecular weight excluding hydrogens is 607 g/mol. The topological polar surface area (TPSA) is 84.6 Å². The van der Waals surface area contributed by atoms with Gasteiger partial charge in [-0.25, -0.2) is 8.42 Å². The van der Waals surface area contributed by atoms with E-state index in [0.717, 1.165) is 25.9 Å². The Bertz CT molecular complexity index is 1730. The molecule has 0 radical (unpaired) electrons. The molecule has 0 saturated heterocycles. The fraction of sp³-hybridized carbons (Fsp3) is 0.323. The number of nitrogens with zero attached hydrogens (tertiary/aromatic N) is 2. The van der Waals surface area contributed by atoms with Crippen molar-refractivity contribution in [3.63, 3.8) is 0 Å². The number of rotatable bonds is 6. The maximum atomic E-state index is 8.63. The Hall–Kier alpha value is -2.52. The van der Waals surface area contributed by atoms with Crippen LogP contribution in [0.15, 0.2) is 58.7 Å². The molecule has 0 aliphatic carbocycles. The van der Waals surface area contributed by atoms with Crippen LogP contribution in [0.2, 0.25) is 0 Å². The molecule has 3 aromatic carbocycles. The van der Waals surface area contributed by atoms with Crippen molar-refractivity contribution in [2.24, 2.45) is 0 Å². The molecule has 0 fully saturated rings. The van der Waals surface area contributed by atoms with Crippen LogP contribution < -0.4 is 13.9 Å². The van der Waals surface area contributed by atoms with Crippen LogP contribution in [-0.4, -0.2) is 39.0 Å². The number of hydrogen-bond acceptors (Lipinski definition) is 5. The van der Waals surface area contributed by atoms with Crippen molar-refractivity contribution >= 4 is 73.9 Å². The number of aromatic nitrogens is 1. The summed E-state index contributed by atoms with van der Waals surface area (Å²) in [6, 6.07) is 16.1. The molecular formula is C31H36N2O4S2Se. The Labute approximate surface area is 247 Å². The van der Waals surface area contributed by atoms with Crippen molar-refractivity contribution in [2.75, 3.05) is 11.4 Å². The van der Waals surface area contributed by atoms with E-state index < -0.39 is 10.4 Å². The molecule has 0 unspecified atom stereocenters. The quantitative estimate of drug-likeness (QED) is 0.120. The number of aryl methyl sites for hydroxylation is 4. The van der Waals surface area contributed by atoms with E-state index >= 15 is 0 Å². The first-order valence-corrected chi connectivity index (χ1v) is 17.4. The molecule has 1 aliphatic heterocycles. The molecule has 1 aromatic heterocycles. The first kappa shape index (κ1) is 30.4. The van der Waals surface area contributed by atoms with Crippen LogP contribution in [0.25, 0.3) is 27.1 Å². The van der Waals surface area contributed by atoms with Gasteiger partial charge in [-0.3, -0.25) is 4.55 Å². The third kappa shape index (κ3) is 6.51. The minimum Gasteiger partial charge on any atom is -0.726 e. The molecule has 212 valence electrons. The second-order valence-corrected chi connectivity index (χ2v) is 13.8. The summed E-state index contributed by atoms with van der Waals surface area (Å²) in [4.78, 5) is 2.53. The Kier molecular flexibility index (Phi) is 9.55. The van der Waals surface area contributed by atoms with Gasteiger partial charge in [-0.05, 0) is 0 Å². The number of fused-ring (bicyclic) bond motifs is 4. The minimum atomic E-state index is -4.92. The molecule has 0 amide bonds. The Morgan fingerprint density at radius 3 is 2.40 bits per heavy atom. The number of benzene rings is 3. The summed E-state index contributed by atoms with van der Waals surface area (Å²) in [6.45, 7) is 15.6. The fourth-order valence-corrected chi connectivity index (χ4v) is 9.14. The maximum Gasteiger partial charge on any atom is 0.215 e. The molecule has 0 atom stereocenters. The van der Waals surface area contributed by atoms with Gasteiger partial charge in [0, 0.05) is 0 Å². The summed E-state index contributed by atoms with van der Waals surface area (Å²) in [5.74, 6) is 0. The number of anilines is 1. The average molecular weight is 644 g/mol. The predicted octanol–water partition coefficient (Wildman–Crippen LogP) is 6.05. The van der Waals surface area contributed by atoms with Crippen LogP contribution in [0, 0.1) is 13.8 Å². The van der Waals surface area contributed by atoms with Gasteiger partial charge in [0.2, 0.25) is 10.4 Å². The molecule has 0 bridgehead atoms. The van der Waals surface area contributed by atoms with Crippen molar-refractivity contribution < 1.29 is 22.1 Å². The van der Waals surface area contributed by atoms with Crippen molar-refractivity contribution in [1.82, 2.24) is 0 Å². The van der Waals surface area contributed by atoms with Gasteiger partial charge in [0.15, 0.2) is 0 Å². The molecule has 1 N–H and O–H groups in total. The van der Waals surface area contributed by atoms with Gasteiger partial charge < -0.3 is 4.55 Å². The van der Waals surface area contributed by atoms with Crippen LogP contribution in [0.5, 0.6) is 0 Å². The van der Waals surface area contributed by atoms with Gasteiger partial charge in [-0.15, -0.1) is 0 Å². The molecule has 40 heavy (non-hydrogen) atoms. The summed E-state index contributed by atoms with van der Waals surface area (Å²) in [6.07, 6.45) is 7.03. The smallest absolute Gasteiger partial charge is 0.215 e. The zero-order chi connectivity index (χ0) is 29.2. The monoisotopic (exact) mass is 644 g/mol. The van der Waals surface area contributed by atoms with E-state index in [9.17, 15) is 0 Å². The number of hydrogen-bond donors (Lipinski definition) is 1. The standard InChI is InChI=1S/C31H35N2SSe.H2O4S/c1-7-22(18-29-32(9-3)26-15-20(5)21(6)16-27(26)35-29)17-28-33(10-4)30-25-14-12-11-13-24(25)19-23(8-2)31(30)34-28;1-5(2,3)4/h11-19H,7-10H2,1-6H3;(H2,1,2,3,4)/q+1;/p-1. The van der Waals surface area contributed by atoms with Crippen LogP contribution in [-0.2, 0) is 23.4 Å². The maximum absolute atomic E-state index is 8.63. The number of thiazole rings is 1. The van der Waals surface area contributed by atoms with E-state index in [1.807, 2.05) is 11.3 Å². The van der Waals surface area contributed by atoms with Gasteiger partial charge in [0.05, 0.1) is 0 Å². The third-order valence-corrected chi connectivity index (χ3v) is 10.7. The van der Waals surface area contributed by atoms with Crippen molar-refractivity contribution in [2.45, 2.75) is 60.9 Å². The summed E-state index contributed by atoms with van der Waals surface area (Å²) in [5.41, 5.74) is 8.49. The SMILES string of the molecule is CCC(=C/c1sc2c(CC)cc3ccccc3c2[n+]1CC)/C=C1\[Se]c2cc(C)c(C)cc2N1CC.O=S(=O)([O-])O. The summed E-state index contributed by atoms with van der Waals surface area (Å²) < 4.78 is 39.8. The van der Waals surface area contributed by atoms with Gasteiger partial charge in [-0.2, -0.15) is 0 Å². The summed E-state index contributed by atoms with van der Waals surface area (Å²) in [5, 5.41) is 4.08. The van der Waals surface area contributed by atoms with Crippen LogP contribution in [0.4, 0.5) is 5.69 Å². The van der Waals surface area contributed by atoms with E-state index in [1.165, 1.54) is 63.0 Å². The van der Waals surface area contributed by atoms with E-state index in [-0.39, 0.29) is 0 Å². The Morgan fingerprint density at radius 1 is 1.10 bits per heavy atom. The van der Waals surface area contributed by atoms with Gasteiger partial charge in [-0.1, -0.05) is 0 Å². The van der Waals surface area contributed by atoms with Gasteiger partial charge in [0.1, 0.15) is 0 Å². The molecule has 1 aliphatic rings. The average Bonchev–Trinajstić information content (AvgIpc) is 3.43. The molecule has 6 nitrogen and oxygen atoms in total. The van der Waals surface area contributed by atoms with Crippen molar-refractivity contribution in [3.05, 3.63) is 80.4 Å². The van der Waals surface area contributed by atoms with E-state index in [2.05, 4.69) is 106 Å². The van der Waals surface area contributed by atoms with Crippen molar-refractivity contribution in [3.8, 4) is 0 Å². The predicted molar refractivity (Wildman–Crippen MR) is 168 cm³/mol. The van der Waals surface area contributed by atoms with E-state index in [0.29, 0.717) is 15.0 Å². The second kappa shape index (κ2) is 12.6. The van der Waals surface area contributed by atoms with Crippen LogP contribution in [0.3, 0.4) is 0 Å². The zero-order valence-corrected chi connectivity index (χ0v) is 27.2. The molecule has 4 aromatic rings. The largest absolute Gasteiger partial charge is 0.726 e. The summed E-state index contributed by atoms with van der Waals surface area (Å²) >= 11 is 2.31. The first-order valence-electron chi connectivity index (χ1n) is 13.5. The molecule has 0 saturated carbocycles. The Morgan fingerprint density at radius 2 is 1.77 bits per heavy atom. The number of allylic oxidation sites excluding steroid dienone is 2. The van der Waals surface area contributed by atoms with Crippen LogP contribution in [0.1, 0.15) is 55.8 Å². The minimum absolute atomic E-state index is 0.352. The molecule has 9 heteroatoms. The van der Waals surface area contributed by atoms with Gasteiger partial charge >= 0.3 is 221 Å². The molecule has 5 rings (SSSR count).